The van der Waals surface area contributed by atoms with Crippen LogP contribution in [0, 0.1) is 13.8 Å². The third-order valence-corrected chi connectivity index (χ3v) is 3.66. The van der Waals surface area contributed by atoms with Gasteiger partial charge in [-0.2, -0.15) is 0 Å². The summed E-state index contributed by atoms with van der Waals surface area (Å²) in [6.45, 7) is 6.61. The van der Waals surface area contributed by atoms with Gasteiger partial charge in [0.2, 0.25) is 5.91 Å². The Morgan fingerprint density at radius 2 is 2.15 bits per heavy atom. The summed E-state index contributed by atoms with van der Waals surface area (Å²) in [5, 5.41) is 2.83. The largest absolute Gasteiger partial charge is 0.353 e. The summed E-state index contributed by atoms with van der Waals surface area (Å²) in [5.41, 5.74) is 2.11. The van der Waals surface area contributed by atoms with Gasteiger partial charge in [-0.05, 0) is 13.8 Å². The molecule has 0 bridgehead atoms. The summed E-state index contributed by atoms with van der Waals surface area (Å²) in [4.78, 5) is 30.8. The lowest BCUT2D eigenvalue weighted by molar-refractivity contribution is -0.121. The van der Waals surface area contributed by atoms with Crippen molar-refractivity contribution in [2.24, 2.45) is 0 Å². The van der Waals surface area contributed by atoms with Crippen molar-refractivity contribution in [2.45, 2.75) is 20.4 Å². The number of urea groups is 1. The van der Waals surface area contributed by atoms with Crippen LogP contribution in [0.5, 0.6) is 0 Å². The third-order valence-electron chi connectivity index (χ3n) is 3.66. The van der Waals surface area contributed by atoms with Gasteiger partial charge >= 0.3 is 6.03 Å². The molecule has 7 heteroatoms. The topological polar surface area (TPSA) is 70.5 Å². The van der Waals surface area contributed by atoms with Crippen LogP contribution in [-0.4, -0.2) is 64.5 Å². The molecule has 1 aromatic heterocycles. The van der Waals surface area contributed by atoms with E-state index in [1.54, 1.807) is 23.2 Å². The Morgan fingerprint density at radius 1 is 1.40 bits per heavy atom. The van der Waals surface area contributed by atoms with Crippen molar-refractivity contribution in [3.63, 3.8) is 0 Å². The molecule has 0 saturated carbocycles. The van der Waals surface area contributed by atoms with Crippen LogP contribution in [0.25, 0.3) is 0 Å². The Kier molecular flexibility index (Phi) is 4.26. The van der Waals surface area contributed by atoms with Gasteiger partial charge in [0.25, 0.3) is 0 Å². The van der Waals surface area contributed by atoms with Crippen molar-refractivity contribution in [2.75, 3.05) is 33.2 Å². The van der Waals surface area contributed by atoms with E-state index in [1.807, 2.05) is 18.4 Å². The quantitative estimate of drug-likeness (QED) is 0.823. The number of nitrogens with one attached hydrogen (secondary N) is 1. The molecule has 1 saturated heterocycles. The van der Waals surface area contributed by atoms with Crippen molar-refractivity contribution in [1.29, 1.82) is 0 Å². The number of hydrogen-bond donors (Lipinski definition) is 1. The van der Waals surface area contributed by atoms with Gasteiger partial charge in [-0.1, -0.05) is 0 Å². The smallest absolute Gasteiger partial charge is 0.320 e. The highest BCUT2D eigenvalue weighted by molar-refractivity contribution is 5.84. The van der Waals surface area contributed by atoms with Crippen LogP contribution in [0.4, 0.5) is 4.79 Å². The van der Waals surface area contributed by atoms with Crippen molar-refractivity contribution in [1.82, 2.24) is 24.7 Å². The van der Waals surface area contributed by atoms with E-state index in [-0.39, 0.29) is 18.5 Å². The molecule has 1 aliphatic heterocycles. The molecule has 0 unspecified atom stereocenters. The minimum atomic E-state index is -0.122. The van der Waals surface area contributed by atoms with Crippen LogP contribution in [-0.2, 0) is 11.3 Å². The molecule has 1 aliphatic rings. The van der Waals surface area contributed by atoms with Gasteiger partial charge in [-0.25, -0.2) is 9.78 Å². The number of nitrogens with zero attached hydrogens (tertiary/aromatic N) is 4. The normalized spacial score (nSPS) is 15.1. The molecular weight excluding hydrogens is 258 g/mol. The molecule has 3 amide bonds. The minimum absolute atomic E-state index is 0.0822. The van der Waals surface area contributed by atoms with Gasteiger partial charge in [-0.3, -0.25) is 4.79 Å². The van der Waals surface area contributed by atoms with E-state index >= 15 is 0 Å². The van der Waals surface area contributed by atoms with E-state index < -0.39 is 0 Å². The molecule has 0 radical (unpaired) electrons. The molecule has 20 heavy (non-hydrogen) atoms. The molecule has 0 atom stereocenters. The van der Waals surface area contributed by atoms with Crippen LogP contribution in [0.1, 0.15) is 11.4 Å². The number of rotatable bonds is 5. The fourth-order valence-corrected chi connectivity index (χ4v) is 2.16. The Hall–Kier alpha value is -2.05. The summed E-state index contributed by atoms with van der Waals surface area (Å²) in [7, 11) is 1.74. The molecule has 2 rings (SSSR count). The maximum atomic E-state index is 11.8. The molecule has 1 fully saturated rings. The fourth-order valence-electron chi connectivity index (χ4n) is 2.16. The SMILES string of the molecule is Cc1ncn(CCNC(=O)CN2CCN(C)C2=O)c1C. The number of aromatic nitrogens is 2. The molecule has 1 N–H and O–H groups in total. The number of likely N-dealkylation sites (N-methyl/N-ethyl adjacent to an activating group) is 1. The summed E-state index contributed by atoms with van der Waals surface area (Å²) in [6.07, 6.45) is 1.77. The molecule has 110 valence electrons. The first-order valence-corrected chi connectivity index (χ1v) is 6.74. The number of imidazole rings is 1. The molecule has 0 spiro atoms. The monoisotopic (exact) mass is 279 g/mol. The minimum Gasteiger partial charge on any atom is -0.353 e. The van der Waals surface area contributed by atoms with Gasteiger partial charge in [-0.15, -0.1) is 0 Å². The molecular formula is C13H21N5O2. The maximum Gasteiger partial charge on any atom is 0.320 e. The van der Waals surface area contributed by atoms with Crippen LogP contribution in [0.15, 0.2) is 6.33 Å². The van der Waals surface area contributed by atoms with E-state index in [9.17, 15) is 9.59 Å². The van der Waals surface area contributed by atoms with Crippen molar-refractivity contribution in [3.8, 4) is 0 Å². The molecule has 2 heterocycles. The number of carbonyl (C=O) groups excluding carboxylic acids is 2. The first-order chi connectivity index (χ1) is 9.49. The van der Waals surface area contributed by atoms with Gasteiger partial charge in [0.05, 0.1) is 12.0 Å². The summed E-state index contributed by atoms with van der Waals surface area (Å²) in [6, 6.07) is -0.0822. The summed E-state index contributed by atoms with van der Waals surface area (Å²) >= 11 is 0. The zero-order valence-electron chi connectivity index (χ0n) is 12.2. The van der Waals surface area contributed by atoms with Gasteiger partial charge in [0, 0.05) is 38.9 Å². The lowest BCUT2D eigenvalue weighted by atomic mass is 10.4. The van der Waals surface area contributed by atoms with E-state index in [0.29, 0.717) is 26.2 Å². The predicted molar refractivity (Wildman–Crippen MR) is 74.3 cm³/mol. The van der Waals surface area contributed by atoms with Crippen molar-refractivity contribution >= 4 is 11.9 Å². The molecule has 7 nitrogen and oxygen atoms in total. The molecule has 0 aliphatic carbocycles. The van der Waals surface area contributed by atoms with Crippen LogP contribution >= 0.6 is 0 Å². The number of carbonyl (C=O) groups is 2. The second-order valence-corrected chi connectivity index (χ2v) is 5.08. The number of amides is 3. The zero-order valence-corrected chi connectivity index (χ0v) is 12.2. The first-order valence-electron chi connectivity index (χ1n) is 6.74. The van der Waals surface area contributed by atoms with Gasteiger partial charge < -0.3 is 19.7 Å². The van der Waals surface area contributed by atoms with E-state index in [1.165, 1.54) is 0 Å². The van der Waals surface area contributed by atoms with Gasteiger partial charge in [0.1, 0.15) is 6.54 Å². The fraction of sp³-hybridized carbons (Fsp3) is 0.615. The highest BCUT2D eigenvalue weighted by atomic mass is 16.2. The average molecular weight is 279 g/mol. The van der Waals surface area contributed by atoms with Crippen LogP contribution in [0.3, 0.4) is 0 Å². The highest BCUT2D eigenvalue weighted by Gasteiger charge is 2.26. The van der Waals surface area contributed by atoms with Crippen LogP contribution in [0.2, 0.25) is 0 Å². The Balaban J connectivity index is 1.73. The van der Waals surface area contributed by atoms with E-state index in [2.05, 4.69) is 10.3 Å². The maximum absolute atomic E-state index is 11.8. The molecule has 1 aromatic rings. The Bertz CT molecular complexity index is 511. The predicted octanol–water partition coefficient (Wildman–Crippen LogP) is -0.0165. The van der Waals surface area contributed by atoms with Gasteiger partial charge in [0.15, 0.2) is 0 Å². The highest BCUT2D eigenvalue weighted by Crippen LogP contribution is 2.05. The lowest BCUT2D eigenvalue weighted by Crippen LogP contribution is -2.40. The standard InChI is InChI=1S/C13H21N5O2/c1-10-11(2)18(9-15-10)5-4-14-12(19)8-17-7-6-16(3)13(17)20/h9H,4-8H2,1-3H3,(H,14,19). The van der Waals surface area contributed by atoms with E-state index in [4.69, 9.17) is 0 Å². The zero-order chi connectivity index (χ0) is 14.7. The Morgan fingerprint density at radius 3 is 2.70 bits per heavy atom. The summed E-state index contributed by atoms with van der Waals surface area (Å²) < 4.78 is 2.00. The summed E-state index contributed by atoms with van der Waals surface area (Å²) in [5.74, 6) is -0.122. The molecule has 0 aromatic carbocycles. The van der Waals surface area contributed by atoms with E-state index in [0.717, 1.165) is 11.4 Å². The van der Waals surface area contributed by atoms with Crippen molar-refractivity contribution < 1.29 is 9.59 Å². The number of hydrogen-bond acceptors (Lipinski definition) is 3. The third kappa shape index (κ3) is 3.09. The number of aryl methyl sites for hydroxylation is 1. The lowest BCUT2D eigenvalue weighted by Gasteiger charge is -2.15. The first kappa shape index (κ1) is 14.4. The second kappa shape index (κ2) is 5.94. The Labute approximate surface area is 118 Å². The second-order valence-electron chi connectivity index (χ2n) is 5.08. The average Bonchev–Trinajstić information content (AvgIpc) is 2.89. The van der Waals surface area contributed by atoms with Crippen LogP contribution < -0.4 is 5.32 Å². The van der Waals surface area contributed by atoms with Crippen molar-refractivity contribution in [3.05, 3.63) is 17.7 Å².